The number of carbonyl (C=O) groups excluding carboxylic acids is 1. The fourth-order valence-corrected chi connectivity index (χ4v) is 2.80. The maximum atomic E-state index is 12.8. The van der Waals surface area contributed by atoms with Crippen molar-refractivity contribution in [1.29, 1.82) is 0 Å². The van der Waals surface area contributed by atoms with Crippen LogP contribution in [-0.2, 0) is 11.0 Å². The van der Waals surface area contributed by atoms with Crippen molar-refractivity contribution >= 4 is 17.1 Å². The van der Waals surface area contributed by atoms with Gasteiger partial charge in [-0.05, 0) is 60.9 Å². The van der Waals surface area contributed by atoms with Crippen LogP contribution in [0.3, 0.4) is 0 Å². The van der Waals surface area contributed by atoms with Gasteiger partial charge in [0.05, 0.1) is 5.56 Å². The van der Waals surface area contributed by atoms with E-state index in [-0.39, 0.29) is 11.7 Å². The van der Waals surface area contributed by atoms with Gasteiger partial charge in [0.2, 0.25) is 0 Å². The van der Waals surface area contributed by atoms with E-state index in [1.807, 2.05) is 0 Å². The molecule has 0 saturated carbocycles. The highest BCUT2D eigenvalue weighted by Crippen LogP contribution is 2.31. The molecule has 0 N–H and O–H groups in total. The number of carbonyl (C=O) groups is 1. The summed E-state index contributed by atoms with van der Waals surface area (Å²) in [5.41, 5.74) is 2.12. The number of alkyl halides is 3. The number of allylic oxidation sites excluding steroid dienone is 4. The van der Waals surface area contributed by atoms with Crippen LogP contribution in [0.2, 0.25) is 0 Å². The number of rotatable bonds is 4. The first-order valence-electron chi connectivity index (χ1n) is 8.90. The molecule has 1 heterocycles. The Labute approximate surface area is 152 Å². The Hall–Kier alpha value is -2.17. The van der Waals surface area contributed by atoms with Crippen molar-refractivity contribution in [2.24, 2.45) is 10.9 Å². The Morgan fingerprint density at radius 2 is 1.88 bits per heavy atom. The second-order valence-electron chi connectivity index (χ2n) is 6.63. The SMILES string of the molecule is CCC(C)C1=C/CCC/C(c2ccc(C(F)(F)F)cc2)=C/C(C(C)=O)=N\1. The van der Waals surface area contributed by atoms with Gasteiger partial charge in [-0.3, -0.25) is 4.79 Å². The van der Waals surface area contributed by atoms with Crippen molar-refractivity contribution in [3.05, 3.63) is 53.2 Å². The standard InChI is InChI=1S/C21H24F3NO/c1-4-14(2)19-8-6-5-7-17(13-20(25-19)15(3)26)16-9-11-18(12-10-16)21(22,23)24/h8-14H,4-7H2,1-3H3/b17-13-,19-8-,25-20+. The molecule has 140 valence electrons. The molecule has 0 amide bonds. The van der Waals surface area contributed by atoms with Gasteiger partial charge in [0.25, 0.3) is 0 Å². The van der Waals surface area contributed by atoms with Crippen LogP contribution in [-0.4, -0.2) is 11.5 Å². The molecule has 26 heavy (non-hydrogen) atoms. The molecule has 1 aromatic carbocycles. The highest BCUT2D eigenvalue weighted by Gasteiger charge is 2.30. The zero-order valence-corrected chi connectivity index (χ0v) is 15.4. The molecule has 5 heteroatoms. The van der Waals surface area contributed by atoms with Crippen LogP contribution >= 0.6 is 0 Å². The normalized spacial score (nSPS) is 23.2. The van der Waals surface area contributed by atoms with Gasteiger partial charge in [-0.2, -0.15) is 13.2 Å². The second-order valence-corrected chi connectivity index (χ2v) is 6.63. The molecular formula is C21H24F3NO. The minimum Gasteiger partial charge on any atom is -0.293 e. The van der Waals surface area contributed by atoms with Gasteiger partial charge in [-0.25, -0.2) is 4.99 Å². The number of Topliss-reactive ketones (excluding diaryl/α,β-unsaturated/α-hetero) is 1. The summed E-state index contributed by atoms with van der Waals surface area (Å²) in [4.78, 5) is 16.6. The number of benzene rings is 1. The highest BCUT2D eigenvalue weighted by atomic mass is 19.4. The van der Waals surface area contributed by atoms with Crippen LogP contribution in [0, 0.1) is 5.92 Å². The van der Waals surface area contributed by atoms with Crippen molar-refractivity contribution in [1.82, 2.24) is 0 Å². The topological polar surface area (TPSA) is 29.4 Å². The van der Waals surface area contributed by atoms with Crippen LogP contribution in [0.5, 0.6) is 0 Å². The summed E-state index contributed by atoms with van der Waals surface area (Å²) in [5.74, 6) is 0.107. The highest BCUT2D eigenvalue weighted by molar-refractivity contribution is 6.44. The van der Waals surface area contributed by atoms with E-state index >= 15 is 0 Å². The summed E-state index contributed by atoms with van der Waals surface area (Å²) in [5, 5.41) is 0. The Bertz CT molecular complexity index is 740. The van der Waals surface area contributed by atoms with Crippen LogP contribution < -0.4 is 0 Å². The molecule has 0 aliphatic carbocycles. The average Bonchev–Trinajstić information content (AvgIpc) is 2.70. The summed E-state index contributed by atoms with van der Waals surface area (Å²) < 4.78 is 38.3. The van der Waals surface area contributed by atoms with Crippen molar-refractivity contribution in [2.75, 3.05) is 0 Å². The lowest BCUT2D eigenvalue weighted by Gasteiger charge is -2.11. The number of halogens is 3. The third kappa shape index (κ3) is 5.16. The lowest BCUT2D eigenvalue weighted by Crippen LogP contribution is -2.10. The van der Waals surface area contributed by atoms with E-state index in [4.69, 9.17) is 0 Å². The maximum absolute atomic E-state index is 12.8. The predicted octanol–water partition coefficient (Wildman–Crippen LogP) is 6.23. The van der Waals surface area contributed by atoms with Gasteiger partial charge in [0.15, 0.2) is 5.78 Å². The van der Waals surface area contributed by atoms with E-state index in [1.165, 1.54) is 19.1 Å². The van der Waals surface area contributed by atoms with Crippen LogP contribution in [0.15, 0.2) is 47.1 Å². The van der Waals surface area contributed by atoms with Crippen LogP contribution in [0.1, 0.15) is 57.6 Å². The van der Waals surface area contributed by atoms with Crippen LogP contribution in [0.4, 0.5) is 13.2 Å². The Balaban J connectivity index is 2.43. The van der Waals surface area contributed by atoms with Gasteiger partial charge in [-0.1, -0.05) is 32.1 Å². The van der Waals surface area contributed by atoms with Gasteiger partial charge in [0, 0.05) is 12.6 Å². The molecule has 2 rings (SSSR count). The van der Waals surface area contributed by atoms with Crippen LogP contribution in [0.25, 0.3) is 5.57 Å². The zero-order valence-electron chi connectivity index (χ0n) is 15.4. The van der Waals surface area contributed by atoms with E-state index in [2.05, 4.69) is 24.9 Å². The van der Waals surface area contributed by atoms with Crippen molar-refractivity contribution in [3.8, 4) is 0 Å². The third-order valence-corrected chi connectivity index (χ3v) is 4.63. The average molecular weight is 363 g/mol. The third-order valence-electron chi connectivity index (χ3n) is 4.63. The number of hydrogen-bond donors (Lipinski definition) is 0. The van der Waals surface area contributed by atoms with E-state index in [1.54, 1.807) is 6.08 Å². The minimum atomic E-state index is -4.35. The molecule has 1 unspecified atom stereocenters. The molecule has 0 bridgehead atoms. The van der Waals surface area contributed by atoms with Crippen molar-refractivity contribution in [3.63, 3.8) is 0 Å². The van der Waals surface area contributed by atoms with E-state index in [0.29, 0.717) is 17.7 Å². The molecule has 1 aliphatic rings. The fourth-order valence-electron chi connectivity index (χ4n) is 2.80. The molecule has 1 aromatic rings. The lowest BCUT2D eigenvalue weighted by atomic mass is 9.97. The largest absolute Gasteiger partial charge is 0.416 e. The van der Waals surface area contributed by atoms with E-state index in [9.17, 15) is 18.0 Å². The lowest BCUT2D eigenvalue weighted by molar-refractivity contribution is -0.137. The molecule has 1 aliphatic heterocycles. The molecule has 0 aromatic heterocycles. The van der Waals surface area contributed by atoms with Crippen molar-refractivity contribution in [2.45, 2.75) is 52.6 Å². The minimum absolute atomic E-state index is 0.148. The summed E-state index contributed by atoms with van der Waals surface area (Å²) >= 11 is 0. The molecule has 0 fully saturated rings. The number of nitrogens with zero attached hydrogens (tertiary/aromatic N) is 1. The summed E-state index contributed by atoms with van der Waals surface area (Å²) in [6, 6.07) is 5.09. The Kier molecular flexibility index (Phi) is 6.57. The monoisotopic (exact) mass is 363 g/mol. The first-order valence-corrected chi connectivity index (χ1v) is 8.90. The van der Waals surface area contributed by atoms with E-state index in [0.717, 1.165) is 42.7 Å². The Morgan fingerprint density at radius 1 is 1.23 bits per heavy atom. The summed E-state index contributed by atoms with van der Waals surface area (Å²) in [6.45, 7) is 5.61. The molecule has 0 saturated heterocycles. The summed E-state index contributed by atoms with van der Waals surface area (Å²) in [7, 11) is 0. The van der Waals surface area contributed by atoms with Gasteiger partial charge in [-0.15, -0.1) is 0 Å². The van der Waals surface area contributed by atoms with Gasteiger partial charge < -0.3 is 0 Å². The molecule has 1 atom stereocenters. The predicted molar refractivity (Wildman–Crippen MR) is 98.9 cm³/mol. The maximum Gasteiger partial charge on any atom is 0.416 e. The number of hydrogen-bond acceptors (Lipinski definition) is 2. The summed E-state index contributed by atoms with van der Waals surface area (Å²) in [6.07, 6.45) is 2.73. The number of aliphatic imine (C=N–C) groups is 1. The van der Waals surface area contributed by atoms with E-state index < -0.39 is 11.7 Å². The number of ketones is 1. The first kappa shape index (κ1) is 20.1. The second kappa shape index (κ2) is 8.47. The Morgan fingerprint density at radius 3 is 2.42 bits per heavy atom. The smallest absolute Gasteiger partial charge is 0.293 e. The molecule has 2 nitrogen and oxygen atoms in total. The zero-order chi connectivity index (χ0) is 19.3. The first-order chi connectivity index (χ1) is 12.2. The van der Waals surface area contributed by atoms with Crippen molar-refractivity contribution < 1.29 is 18.0 Å². The molecular weight excluding hydrogens is 339 g/mol. The quantitative estimate of drug-likeness (QED) is 0.623. The molecule has 0 radical (unpaired) electrons. The van der Waals surface area contributed by atoms with Gasteiger partial charge in [0.1, 0.15) is 5.71 Å². The molecule has 0 spiro atoms. The fraction of sp³-hybridized carbons (Fsp3) is 0.429. The van der Waals surface area contributed by atoms with Gasteiger partial charge >= 0.3 is 6.18 Å².